The SMILES string of the molecule is C#CCC(C)NC(=O)c1cc(F)c(F)cc1[N+](=O)[O-]. The molecule has 0 spiro atoms. The van der Waals surface area contributed by atoms with Gasteiger partial charge in [-0.25, -0.2) is 8.78 Å². The molecule has 1 unspecified atom stereocenters. The number of nitrogens with one attached hydrogen (secondary N) is 1. The summed E-state index contributed by atoms with van der Waals surface area (Å²) in [4.78, 5) is 21.5. The van der Waals surface area contributed by atoms with Crippen molar-refractivity contribution in [3.8, 4) is 12.3 Å². The number of terminal acetylenes is 1. The number of carbonyl (C=O) groups is 1. The summed E-state index contributed by atoms with van der Waals surface area (Å²) in [6, 6.07) is 0.423. The summed E-state index contributed by atoms with van der Waals surface area (Å²) < 4.78 is 26.0. The zero-order valence-electron chi connectivity index (χ0n) is 9.94. The third kappa shape index (κ3) is 3.48. The number of carbonyl (C=O) groups excluding carboxylic acids is 1. The molecule has 0 fully saturated rings. The molecule has 1 aromatic carbocycles. The van der Waals surface area contributed by atoms with Gasteiger partial charge in [0, 0.05) is 12.5 Å². The van der Waals surface area contributed by atoms with Gasteiger partial charge in [0.25, 0.3) is 11.6 Å². The molecule has 0 bridgehead atoms. The minimum Gasteiger partial charge on any atom is -0.348 e. The number of nitro groups is 1. The highest BCUT2D eigenvalue weighted by molar-refractivity contribution is 5.98. The fourth-order valence-corrected chi connectivity index (χ4v) is 1.40. The first-order valence-corrected chi connectivity index (χ1v) is 5.24. The Hall–Kier alpha value is -2.49. The topological polar surface area (TPSA) is 72.2 Å². The maximum absolute atomic E-state index is 13.1. The summed E-state index contributed by atoms with van der Waals surface area (Å²) in [6.07, 6.45) is 5.26. The van der Waals surface area contributed by atoms with Crippen LogP contribution in [0, 0.1) is 34.1 Å². The van der Waals surface area contributed by atoms with Crippen LogP contribution in [0.5, 0.6) is 0 Å². The molecule has 5 nitrogen and oxygen atoms in total. The molecule has 1 aromatic rings. The molecule has 0 heterocycles. The Bertz CT molecular complexity index is 567. The molecule has 1 rings (SSSR count). The molecular weight excluding hydrogens is 258 g/mol. The first-order chi connectivity index (χ1) is 8.86. The number of hydrogen-bond donors (Lipinski definition) is 1. The van der Waals surface area contributed by atoms with E-state index in [9.17, 15) is 23.7 Å². The Kier molecular flexibility index (Phi) is 4.53. The molecule has 7 heteroatoms. The lowest BCUT2D eigenvalue weighted by Crippen LogP contribution is -2.32. The third-order valence-electron chi connectivity index (χ3n) is 2.28. The van der Waals surface area contributed by atoms with Gasteiger partial charge < -0.3 is 5.32 Å². The summed E-state index contributed by atoms with van der Waals surface area (Å²) in [5, 5.41) is 13.1. The van der Waals surface area contributed by atoms with Crippen molar-refractivity contribution in [2.45, 2.75) is 19.4 Å². The molecule has 0 aliphatic heterocycles. The quantitative estimate of drug-likeness (QED) is 0.516. The van der Waals surface area contributed by atoms with Gasteiger partial charge in [0.05, 0.1) is 11.0 Å². The highest BCUT2D eigenvalue weighted by atomic mass is 19.2. The number of benzene rings is 1. The van der Waals surface area contributed by atoms with Gasteiger partial charge in [-0.05, 0) is 13.0 Å². The molecule has 100 valence electrons. The van der Waals surface area contributed by atoms with Crippen LogP contribution in [0.15, 0.2) is 12.1 Å². The smallest absolute Gasteiger partial charge is 0.285 e. The number of hydrogen-bond acceptors (Lipinski definition) is 3. The van der Waals surface area contributed by atoms with E-state index in [1.165, 1.54) is 0 Å². The second-order valence-corrected chi connectivity index (χ2v) is 3.82. The van der Waals surface area contributed by atoms with Crippen LogP contribution < -0.4 is 5.32 Å². The van der Waals surface area contributed by atoms with Gasteiger partial charge >= 0.3 is 0 Å². The van der Waals surface area contributed by atoms with Gasteiger partial charge in [-0.1, -0.05) is 0 Å². The minimum atomic E-state index is -1.39. The van der Waals surface area contributed by atoms with Crippen LogP contribution >= 0.6 is 0 Å². The minimum absolute atomic E-state index is 0.212. The lowest BCUT2D eigenvalue weighted by atomic mass is 10.1. The second kappa shape index (κ2) is 5.91. The van der Waals surface area contributed by atoms with Crippen LogP contribution in [0.25, 0.3) is 0 Å². The molecule has 0 aliphatic carbocycles. The molecule has 1 N–H and O–H groups in total. The van der Waals surface area contributed by atoms with Gasteiger partial charge in [-0.15, -0.1) is 12.3 Å². The van der Waals surface area contributed by atoms with E-state index in [-0.39, 0.29) is 6.42 Å². The molecule has 0 aromatic heterocycles. The molecule has 1 amide bonds. The number of amides is 1. The largest absolute Gasteiger partial charge is 0.348 e. The van der Waals surface area contributed by atoms with Crippen LogP contribution in [0.4, 0.5) is 14.5 Å². The van der Waals surface area contributed by atoms with Crippen molar-refractivity contribution in [2.24, 2.45) is 0 Å². The van der Waals surface area contributed by atoms with Gasteiger partial charge in [0.1, 0.15) is 5.56 Å². The fraction of sp³-hybridized carbons (Fsp3) is 0.250. The predicted octanol–water partition coefficient (Wildman–Crippen LogP) is 2.01. The summed E-state index contributed by atoms with van der Waals surface area (Å²) in [7, 11) is 0. The van der Waals surface area contributed by atoms with E-state index in [1.807, 2.05) is 0 Å². The van der Waals surface area contributed by atoms with Crippen LogP contribution in [0.3, 0.4) is 0 Å². The van der Waals surface area contributed by atoms with E-state index in [0.717, 1.165) is 0 Å². The van der Waals surface area contributed by atoms with Crippen molar-refractivity contribution >= 4 is 11.6 Å². The van der Waals surface area contributed by atoms with Gasteiger partial charge in [-0.2, -0.15) is 0 Å². The van der Waals surface area contributed by atoms with E-state index in [1.54, 1.807) is 6.92 Å². The molecule has 0 aliphatic rings. The Labute approximate surface area is 107 Å². The van der Waals surface area contributed by atoms with Crippen molar-refractivity contribution in [2.75, 3.05) is 0 Å². The Morgan fingerprint density at radius 2 is 2.11 bits per heavy atom. The van der Waals surface area contributed by atoms with Crippen molar-refractivity contribution in [1.82, 2.24) is 5.32 Å². The summed E-state index contributed by atoms with van der Waals surface area (Å²) in [5.41, 5.74) is -1.35. The highest BCUT2D eigenvalue weighted by Crippen LogP contribution is 2.22. The highest BCUT2D eigenvalue weighted by Gasteiger charge is 2.24. The normalized spacial score (nSPS) is 11.5. The molecule has 19 heavy (non-hydrogen) atoms. The van der Waals surface area contributed by atoms with Crippen molar-refractivity contribution in [3.05, 3.63) is 39.4 Å². The summed E-state index contributed by atoms with van der Waals surface area (Å²) >= 11 is 0. The van der Waals surface area contributed by atoms with E-state index in [0.29, 0.717) is 12.1 Å². The van der Waals surface area contributed by atoms with Crippen molar-refractivity contribution < 1.29 is 18.5 Å². The Morgan fingerprint density at radius 1 is 1.53 bits per heavy atom. The maximum Gasteiger partial charge on any atom is 0.285 e. The van der Waals surface area contributed by atoms with Gasteiger partial charge in [-0.3, -0.25) is 14.9 Å². The first kappa shape index (κ1) is 14.6. The fourth-order valence-electron chi connectivity index (χ4n) is 1.40. The van der Waals surface area contributed by atoms with E-state index in [4.69, 9.17) is 6.42 Å². The zero-order valence-corrected chi connectivity index (χ0v) is 9.94. The van der Waals surface area contributed by atoms with E-state index >= 15 is 0 Å². The monoisotopic (exact) mass is 268 g/mol. The maximum atomic E-state index is 13.1. The molecule has 1 atom stereocenters. The first-order valence-electron chi connectivity index (χ1n) is 5.24. The lowest BCUT2D eigenvalue weighted by molar-refractivity contribution is -0.385. The van der Waals surface area contributed by atoms with Crippen LogP contribution in [-0.4, -0.2) is 16.9 Å². The van der Waals surface area contributed by atoms with Crippen molar-refractivity contribution in [3.63, 3.8) is 0 Å². The average molecular weight is 268 g/mol. The summed E-state index contributed by atoms with van der Waals surface area (Å²) in [6.45, 7) is 1.59. The Balaban J connectivity index is 3.12. The number of rotatable bonds is 4. The van der Waals surface area contributed by atoms with Crippen LogP contribution in [0.1, 0.15) is 23.7 Å². The number of nitro benzene ring substituents is 1. The van der Waals surface area contributed by atoms with Crippen LogP contribution in [0.2, 0.25) is 0 Å². The number of nitrogens with zero attached hydrogens (tertiary/aromatic N) is 1. The van der Waals surface area contributed by atoms with Crippen molar-refractivity contribution in [1.29, 1.82) is 0 Å². The standard InChI is InChI=1S/C12H10F2N2O3/c1-3-4-7(2)15-12(17)8-5-9(13)10(14)6-11(8)16(18)19/h1,5-7H,4H2,2H3,(H,15,17). The zero-order chi connectivity index (χ0) is 14.6. The second-order valence-electron chi connectivity index (χ2n) is 3.82. The molecule has 0 radical (unpaired) electrons. The predicted molar refractivity (Wildman–Crippen MR) is 63.4 cm³/mol. The van der Waals surface area contributed by atoms with Crippen LogP contribution in [-0.2, 0) is 0 Å². The van der Waals surface area contributed by atoms with Gasteiger partial charge in [0.15, 0.2) is 11.6 Å². The summed E-state index contributed by atoms with van der Waals surface area (Å²) in [5.74, 6) is -1.30. The lowest BCUT2D eigenvalue weighted by Gasteiger charge is -2.11. The number of halogens is 2. The Morgan fingerprint density at radius 3 is 2.63 bits per heavy atom. The van der Waals surface area contributed by atoms with E-state index < -0.39 is 39.8 Å². The molecule has 0 saturated heterocycles. The van der Waals surface area contributed by atoms with Gasteiger partial charge in [0.2, 0.25) is 0 Å². The van der Waals surface area contributed by atoms with E-state index in [2.05, 4.69) is 11.2 Å². The molecular formula is C12H10F2N2O3. The average Bonchev–Trinajstić information content (AvgIpc) is 2.31. The molecule has 0 saturated carbocycles. The third-order valence-corrected chi connectivity index (χ3v) is 2.28.